The molecule has 0 aliphatic carbocycles. The molecule has 8 nitrogen and oxygen atoms in total. The van der Waals surface area contributed by atoms with Crippen molar-refractivity contribution in [1.82, 2.24) is 0 Å². The minimum absolute atomic E-state index is 0.155. The van der Waals surface area contributed by atoms with E-state index in [1.54, 1.807) is 61.7 Å². The second-order valence-corrected chi connectivity index (χ2v) is 10.2. The molecule has 0 aromatic heterocycles. The summed E-state index contributed by atoms with van der Waals surface area (Å²) in [6.07, 6.45) is 0. The molecule has 0 atom stereocenters. The summed E-state index contributed by atoms with van der Waals surface area (Å²) < 4.78 is 10.6. The predicted molar refractivity (Wildman–Crippen MR) is 161 cm³/mol. The quantitative estimate of drug-likeness (QED) is 0.232. The zero-order valence-corrected chi connectivity index (χ0v) is 23.5. The van der Waals surface area contributed by atoms with Gasteiger partial charge in [-0.25, -0.2) is 4.90 Å². The number of rotatable bonds is 9. The summed E-state index contributed by atoms with van der Waals surface area (Å²) in [6.45, 7) is 1.88. The van der Waals surface area contributed by atoms with Crippen LogP contribution in [-0.2, 0) is 9.59 Å². The van der Waals surface area contributed by atoms with Crippen LogP contribution in [0.2, 0.25) is 0 Å². The molecule has 0 bridgehead atoms. The van der Waals surface area contributed by atoms with Crippen molar-refractivity contribution >= 4 is 46.5 Å². The van der Waals surface area contributed by atoms with Crippen LogP contribution in [0.3, 0.4) is 0 Å². The van der Waals surface area contributed by atoms with Gasteiger partial charge in [0.15, 0.2) is 0 Å². The van der Waals surface area contributed by atoms with E-state index in [0.29, 0.717) is 39.0 Å². The van der Waals surface area contributed by atoms with Crippen molar-refractivity contribution in [3.05, 3.63) is 119 Å². The van der Waals surface area contributed by atoms with E-state index in [9.17, 15) is 14.4 Å². The highest BCUT2D eigenvalue weighted by Crippen LogP contribution is 2.41. The van der Waals surface area contributed by atoms with Crippen LogP contribution in [0.25, 0.3) is 0 Å². The Morgan fingerprint density at radius 1 is 0.780 bits per heavy atom. The van der Waals surface area contributed by atoms with Crippen LogP contribution in [-0.4, -0.2) is 31.9 Å². The molecular weight excluding hydrogens is 538 g/mol. The van der Waals surface area contributed by atoms with E-state index < -0.39 is 11.8 Å². The number of carbonyl (C=O) groups excluding carboxylic acids is 3. The first-order valence-corrected chi connectivity index (χ1v) is 13.5. The van der Waals surface area contributed by atoms with Crippen LogP contribution < -0.4 is 25.0 Å². The Balaban J connectivity index is 1.46. The predicted octanol–water partition coefficient (Wildman–Crippen LogP) is 6.25. The van der Waals surface area contributed by atoms with Crippen molar-refractivity contribution in [2.75, 3.05) is 29.8 Å². The average Bonchev–Trinajstić information content (AvgIpc) is 3.21. The number of ether oxygens (including phenoxy) is 2. The lowest BCUT2D eigenvalue weighted by molar-refractivity contribution is -0.120. The van der Waals surface area contributed by atoms with E-state index in [4.69, 9.17) is 9.47 Å². The third-order valence-corrected chi connectivity index (χ3v) is 7.40. The van der Waals surface area contributed by atoms with Crippen molar-refractivity contribution in [2.45, 2.75) is 11.8 Å². The fraction of sp³-hybridized carbons (Fsp3) is 0.0938. The van der Waals surface area contributed by atoms with E-state index in [1.165, 1.54) is 7.11 Å². The number of para-hydroxylation sites is 1. The van der Waals surface area contributed by atoms with Crippen molar-refractivity contribution in [1.29, 1.82) is 0 Å². The van der Waals surface area contributed by atoms with Crippen LogP contribution in [0, 0.1) is 6.92 Å². The molecule has 206 valence electrons. The summed E-state index contributed by atoms with van der Waals surface area (Å²) in [4.78, 5) is 42.5. The maximum absolute atomic E-state index is 13.9. The van der Waals surface area contributed by atoms with Gasteiger partial charge in [0.25, 0.3) is 17.7 Å². The van der Waals surface area contributed by atoms with Gasteiger partial charge in [0.1, 0.15) is 22.1 Å². The molecule has 0 saturated heterocycles. The number of nitrogens with zero attached hydrogens (tertiary/aromatic N) is 1. The summed E-state index contributed by atoms with van der Waals surface area (Å²) in [6, 6.07) is 28.4. The molecule has 0 radical (unpaired) electrons. The zero-order chi connectivity index (χ0) is 28.9. The summed E-state index contributed by atoms with van der Waals surface area (Å²) in [5, 5.41) is 6.03. The first-order valence-electron chi connectivity index (χ1n) is 12.7. The van der Waals surface area contributed by atoms with E-state index >= 15 is 0 Å². The number of carbonyl (C=O) groups is 3. The molecule has 0 saturated carbocycles. The highest BCUT2D eigenvalue weighted by atomic mass is 32.2. The molecule has 0 spiro atoms. The highest BCUT2D eigenvalue weighted by molar-refractivity contribution is 8.04. The van der Waals surface area contributed by atoms with Gasteiger partial charge in [0.2, 0.25) is 0 Å². The number of thioether (sulfide) groups is 1. The molecular formula is C32H27N3O5S. The van der Waals surface area contributed by atoms with E-state index in [-0.39, 0.29) is 16.5 Å². The second kappa shape index (κ2) is 12.0. The van der Waals surface area contributed by atoms with Crippen LogP contribution in [0.1, 0.15) is 15.9 Å². The maximum atomic E-state index is 13.9. The lowest BCUT2D eigenvalue weighted by Gasteiger charge is -2.19. The van der Waals surface area contributed by atoms with Crippen molar-refractivity contribution < 1.29 is 23.9 Å². The maximum Gasteiger partial charge on any atom is 0.283 e. The summed E-state index contributed by atoms with van der Waals surface area (Å²) in [5.41, 5.74) is 3.08. The van der Waals surface area contributed by atoms with E-state index in [2.05, 4.69) is 10.6 Å². The first kappa shape index (κ1) is 27.5. The van der Waals surface area contributed by atoms with Crippen LogP contribution in [0.5, 0.6) is 11.5 Å². The average molecular weight is 566 g/mol. The number of hydrogen-bond donors (Lipinski definition) is 2. The molecule has 41 heavy (non-hydrogen) atoms. The van der Waals surface area contributed by atoms with Gasteiger partial charge in [0.05, 0.1) is 19.9 Å². The topological polar surface area (TPSA) is 97.0 Å². The fourth-order valence-electron chi connectivity index (χ4n) is 4.27. The lowest BCUT2D eigenvalue weighted by Crippen LogP contribution is -2.32. The molecule has 1 aliphatic rings. The molecule has 1 aliphatic heterocycles. The fourth-order valence-corrected chi connectivity index (χ4v) is 5.26. The minimum Gasteiger partial charge on any atom is -0.497 e. The molecule has 0 unspecified atom stereocenters. The molecule has 1 heterocycles. The van der Waals surface area contributed by atoms with E-state index in [1.807, 2.05) is 49.4 Å². The molecule has 9 heteroatoms. The molecule has 4 aromatic carbocycles. The number of nitrogens with one attached hydrogen (secondary N) is 2. The number of imide groups is 1. The van der Waals surface area contributed by atoms with Crippen molar-refractivity contribution in [3.63, 3.8) is 0 Å². The van der Waals surface area contributed by atoms with Crippen LogP contribution >= 0.6 is 11.8 Å². The largest absolute Gasteiger partial charge is 0.497 e. The number of hydrogen-bond acceptors (Lipinski definition) is 7. The summed E-state index contributed by atoms with van der Waals surface area (Å²) in [5.74, 6) is -0.193. The zero-order valence-electron chi connectivity index (χ0n) is 22.6. The highest BCUT2D eigenvalue weighted by Gasteiger charge is 2.41. The van der Waals surface area contributed by atoms with Gasteiger partial charge in [-0.1, -0.05) is 42.1 Å². The molecule has 5 rings (SSSR count). The van der Waals surface area contributed by atoms with E-state index in [0.717, 1.165) is 22.2 Å². The van der Waals surface area contributed by atoms with Gasteiger partial charge in [-0.05, 0) is 79.2 Å². The van der Waals surface area contributed by atoms with Crippen LogP contribution in [0.15, 0.2) is 113 Å². The Bertz CT molecular complexity index is 1650. The Kier molecular flexibility index (Phi) is 8.07. The van der Waals surface area contributed by atoms with Gasteiger partial charge in [-0.15, -0.1) is 0 Å². The molecule has 3 amide bonds. The number of aryl methyl sites for hydroxylation is 1. The standard InChI is InChI=1S/C32H27N3O5S/c1-20-12-17-27(40-3)26(18-20)35-31(37)28(33-22-8-5-4-6-9-22)29(32(35)38)41-25-11-7-10-23(19-25)34-30(36)21-13-15-24(39-2)16-14-21/h4-19,33H,1-3H3,(H,34,36). The van der Waals surface area contributed by atoms with Gasteiger partial charge in [-0.3, -0.25) is 14.4 Å². The Morgan fingerprint density at radius 2 is 1.51 bits per heavy atom. The third-order valence-electron chi connectivity index (χ3n) is 6.32. The van der Waals surface area contributed by atoms with Gasteiger partial charge in [0, 0.05) is 21.8 Å². The van der Waals surface area contributed by atoms with Crippen molar-refractivity contribution in [3.8, 4) is 11.5 Å². The minimum atomic E-state index is -0.491. The summed E-state index contributed by atoms with van der Waals surface area (Å²) in [7, 11) is 3.06. The first-order chi connectivity index (χ1) is 19.9. The Hall–Kier alpha value is -5.02. The molecule has 0 fully saturated rings. The van der Waals surface area contributed by atoms with Gasteiger partial charge < -0.3 is 20.1 Å². The second-order valence-electron chi connectivity index (χ2n) is 9.13. The Morgan fingerprint density at radius 3 is 2.22 bits per heavy atom. The number of amides is 3. The van der Waals surface area contributed by atoms with Gasteiger partial charge >= 0.3 is 0 Å². The summed E-state index contributed by atoms with van der Waals surface area (Å²) >= 11 is 1.14. The number of anilines is 3. The molecule has 4 aromatic rings. The normalized spacial score (nSPS) is 12.9. The van der Waals surface area contributed by atoms with Crippen LogP contribution in [0.4, 0.5) is 17.1 Å². The van der Waals surface area contributed by atoms with Gasteiger partial charge in [-0.2, -0.15) is 0 Å². The lowest BCUT2D eigenvalue weighted by atomic mass is 10.2. The molecule has 2 N–H and O–H groups in total. The number of methoxy groups -OCH3 is 2. The third kappa shape index (κ3) is 5.95. The Labute approximate surface area is 242 Å². The SMILES string of the molecule is COc1ccc(C(=O)Nc2cccc(SC3=C(Nc4ccccc4)C(=O)N(c4cc(C)ccc4OC)C3=O)c2)cc1. The number of benzene rings is 4. The monoisotopic (exact) mass is 565 g/mol. The van der Waals surface area contributed by atoms with Crippen molar-refractivity contribution in [2.24, 2.45) is 0 Å². The smallest absolute Gasteiger partial charge is 0.283 e.